The zero-order chi connectivity index (χ0) is 15.0. The smallest absolute Gasteiger partial charge is 0.180 e. The number of fused-ring (bicyclic) bond motifs is 1. The molecule has 21 heavy (non-hydrogen) atoms. The van der Waals surface area contributed by atoms with Crippen molar-refractivity contribution in [2.24, 2.45) is 5.41 Å². The molecule has 2 N–H and O–H groups in total. The van der Waals surface area contributed by atoms with Crippen LogP contribution in [0.2, 0.25) is 0 Å². The minimum atomic E-state index is 0.0942. The average Bonchev–Trinajstić information content (AvgIpc) is 2.94. The van der Waals surface area contributed by atoms with Gasteiger partial charge in [-0.15, -0.1) is 0 Å². The van der Waals surface area contributed by atoms with Crippen molar-refractivity contribution in [2.45, 2.75) is 39.3 Å². The lowest BCUT2D eigenvalue weighted by molar-refractivity contribution is -0.0976. The van der Waals surface area contributed by atoms with Gasteiger partial charge in [0.1, 0.15) is 5.82 Å². The lowest BCUT2D eigenvalue weighted by Gasteiger charge is -2.51. The van der Waals surface area contributed by atoms with Crippen molar-refractivity contribution >= 4 is 17.3 Å². The molecule has 1 saturated carbocycles. The average molecular weight is 289 g/mol. The number of rotatable bonds is 5. The lowest BCUT2D eigenvalue weighted by Crippen LogP contribution is -2.58. The highest BCUT2D eigenvalue weighted by atomic mass is 16.5. The number of ether oxygens (including phenoxy) is 1. The van der Waals surface area contributed by atoms with Gasteiger partial charge in [-0.05, 0) is 13.3 Å². The van der Waals surface area contributed by atoms with E-state index in [0.717, 1.165) is 30.3 Å². The summed E-state index contributed by atoms with van der Waals surface area (Å²) in [5.74, 6) is 1.64. The SMILES string of the molecule is CCOC1CC(Nc2nc(NC)cn3ccnc23)C1(C)C. The Labute approximate surface area is 124 Å². The number of hydrogen-bond donors (Lipinski definition) is 2. The Kier molecular flexibility index (Phi) is 3.49. The van der Waals surface area contributed by atoms with E-state index >= 15 is 0 Å². The summed E-state index contributed by atoms with van der Waals surface area (Å²) in [4.78, 5) is 8.99. The molecular formula is C15H23N5O. The van der Waals surface area contributed by atoms with Crippen LogP contribution in [0.4, 0.5) is 11.6 Å². The Morgan fingerprint density at radius 2 is 2.29 bits per heavy atom. The van der Waals surface area contributed by atoms with Gasteiger partial charge in [0.2, 0.25) is 0 Å². The summed E-state index contributed by atoms with van der Waals surface area (Å²) in [6.45, 7) is 7.28. The van der Waals surface area contributed by atoms with E-state index in [9.17, 15) is 0 Å². The third-order valence-electron chi connectivity index (χ3n) is 4.49. The van der Waals surface area contributed by atoms with Gasteiger partial charge in [-0.1, -0.05) is 13.8 Å². The van der Waals surface area contributed by atoms with Crippen LogP contribution in [0.15, 0.2) is 18.6 Å². The van der Waals surface area contributed by atoms with Crippen LogP contribution in [0.1, 0.15) is 27.2 Å². The van der Waals surface area contributed by atoms with Crippen LogP contribution < -0.4 is 10.6 Å². The first-order valence-corrected chi connectivity index (χ1v) is 7.46. The predicted octanol–water partition coefficient (Wildman–Crippen LogP) is 2.39. The molecular weight excluding hydrogens is 266 g/mol. The number of hydrogen-bond acceptors (Lipinski definition) is 5. The van der Waals surface area contributed by atoms with Crippen LogP contribution in [-0.4, -0.2) is 40.2 Å². The molecule has 0 bridgehead atoms. The van der Waals surface area contributed by atoms with Gasteiger partial charge in [0.15, 0.2) is 11.5 Å². The zero-order valence-electron chi connectivity index (χ0n) is 13.1. The summed E-state index contributed by atoms with van der Waals surface area (Å²) in [5.41, 5.74) is 0.946. The third-order valence-corrected chi connectivity index (χ3v) is 4.49. The normalized spacial score (nSPS) is 23.8. The van der Waals surface area contributed by atoms with Crippen molar-refractivity contribution in [3.8, 4) is 0 Å². The molecule has 1 fully saturated rings. The van der Waals surface area contributed by atoms with Crippen molar-refractivity contribution < 1.29 is 4.74 Å². The van der Waals surface area contributed by atoms with Gasteiger partial charge in [0, 0.05) is 37.5 Å². The molecule has 0 amide bonds. The lowest BCUT2D eigenvalue weighted by atomic mass is 9.64. The summed E-state index contributed by atoms with van der Waals surface area (Å²) < 4.78 is 7.76. The van der Waals surface area contributed by atoms with E-state index < -0.39 is 0 Å². The second-order valence-corrected chi connectivity index (χ2v) is 6.08. The van der Waals surface area contributed by atoms with Gasteiger partial charge in [0.05, 0.1) is 12.3 Å². The maximum absolute atomic E-state index is 5.78. The number of aromatic nitrogens is 3. The Balaban J connectivity index is 1.84. The minimum Gasteiger partial charge on any atom is -0.378 e. The molecule has 2 unspecified atom stereocenters. The molecule has 2 aromatic rings. The number of anilines is 2. The zero-order valence-corrected chi connectivity index (χ0v) is 13.1. The fraction of sp³-hybridized carbons (Fsp3) is 0.600. The highest BCUT2D eigenvalue weighted by Crippen LogP contribution is 2.44. The van der Waals surface area contributed by atoms with Crippen molar-refractivity contribution in [3.05, 3.63) is 18.6 Å². The van der Waals surface area contributed by atoms with Crippen LogP contribution in [0.3, 0.4) is 0 Å². The molecule has 0 aromatic carbocycles. The van der Waals surface area contributed by atoms with Crippen molar-refractivity contribution in [2.75, 3.05) is 24.3 Å². The molecule has 6 nitrogen and oxygen atoms in total. The molecule has 1 aliphatic rings. The van der Waals surface area contributed by atoms with E-state index in [4.69, 9.17) is 4.74 Å². The second-order valence-electron chi connectivity index (χ2n) is 6.08. The Hall–Kier alpha value is -1.82. The van der Waals surface area contributed by atoms with Gasteiger partial charge in [-0.3, -0.25) is 0 Å². The molecule has 3 rings (SSSR count). The molecule has 2 atom stereocenters. The fourth-order valence-electron chi connectivity index (χ4n) is 2.93. The Morgan fingerprint density at radius 3 is 2.95 bits per heavy atom. The number of imidazole rings is 1. The van der Waals surface area contributed by atoms with Crippen molar-refractivity contribution in [1.82, 2.24) is 14.4 Å². The van der Waals surface area contributed by atoms with Gasteiger partial charge < -0.3 is 19.8 Å². The Bertz CT molecular complexity index is 636. The van der Waals surface area contributed by atoms with Gasteiger partial charge >= 0.3 is 0 Å². The molecule has 0 radical (unpaired) electrons. The van der Waals surface area contributed by atoms with Gasteiger partial charge in [-0.2, -0.15) is 0 Å². The minimum absolute atomic E-state index is 0.0942. The Morgan fingerprint density at radius 1 is 1.48 bits per heavy atom. The van der Waals surface area contributed by atoms with Crippen LogP contribution in [0.5, 0.6) is 0 Å². The number of nitrogens with one attached hydrogen (secondary N) is 2. The molecule has 0 saturated heterocycles. The standard InChI is InChI=1S/C15H23N5O/c1-5-21-11-8-10(15(11,2)3)18-13-14-17-6-7-20(14)9-12(16-4)19-13/h6-7,9-11,16H,5,8H2,1-4H3,(H,18,19). The first-order chi connectivity index (χ1) is 10.1. The predicted molar refractivity (Wildman–Crippen MR) is 83.8 cm³/mol. The first-order valence-electron chi connectivity index (χ1n) is 7.46. The largest absolute Gasteiger partial charge is 0.378 e. The topological polar surface area (TPSA) is 63.5 Å². The second kappa shape index (κ2) is 5.18. The quantitative estimate of drug-likeness (QED) is 0.885. The van der Waals surface area contributed by atoms with Gasteiger partial charge in [-0.25, -0.2) is 9.97 Å². The van der Waals surface area contributed by atoms with E-state index in [1.165, 1.54) is 0 Å². The molecule has 0 aliphatic heterocycles. The van der Waals surface area contributed by atoms with Crippen LogP contribution >= 0.6 is 0 Å². The summed E-state index contributed by atoms with van der Waals surface area (Å²) >= 11 is 0. The summed E-state index contributed by atoms with van der Waals surface area (Å²) in [6.07, 6.45) is 6.96. The molecule has 114 valence electrons. The maximum Gasteiger partial charge on any atom is 0.180 e. The highest BCUT2D eigenvalue weighted by molar-refractivity contribution is 5.66. The third kappa shape index (κ3) is 2.33. The molecule has 2 heterocycles. The van der Waals surface area contributed by atoms with Crippen molar-refractivity contribution in [3.63, 3.8) is 0 Å². The highest BCUT2D eigenvalue weighted by Gasteiger charge is 2.49. The van der Waals surface area contributed by atoms with Crippen LogP contribution in [0, 0.1) is 5.41 Å². The van der Waals surface area contributed by atoms with Crippen LogP contribution in [0.25, 0.3) is 5.65 Å². The van der Waals surface area contributed by atoms with Crippen LogP contribution in [-0.2, 0) is 4.74 Å². The first kappa shape index (κ1) is 14.1. The summed E-state index contributed by atoms with van der Waals surface area (Å²) in [7, 11) is 1.87. The van der Waals surface area contributed by atoms with E-state index in [2.05, 4.69) is 34.4 Å². The van der Waals surface area contributed by atoms with E-state index in [1.54, 1.807) is 6.20 Å². The van der Waals surface area contributed by atoms with Gasteiger partial charge in [0.25, 0.3) is 0 Å². The summed E-state index contributed by atoms with van der Waals surface area (Å²) in [5, 5.41) is 6.63. The fourth-order valence-corrected chi connectivity index (χ4v) is 2.93. The molecule has 2 aromatic heterocycles. The monoisotopic (exact) mass is 289 g/mol. The molecule has 6 heteroatoms. The maximum atomic E-state index is 5.78. The van der Waals surface area contributed by atoms with E-state index in [0.29, 0.717) is 12.1 Å². The van der Waals surface area contributed by atoms with Crippen molar-refractivity contribution in [1.29, 1.82) is 0 Å². The molecule has 1 aliphatic carbocycles. The van der Waals surface area contributed by atoms with E-state index in [-0.39, 0.29) is 5.41 Å². The number of nitrogens with zero attached hydrogens (tertiary/aromatic N) is 3. The summed E-state index contributed by atoms with van der Waals surface area (Å²) in [6, 6.07) is 0.342. The van der Waals surface area contributed by atoms with E-state index in [1.807, 2.05) is 30.8 Å². The molecule has 0 spiro atoms.